The Morgan fingerprint density at radius 2 is 1.67 bits per heavy atom. The van der Waals surface area contributed by atoms with Crippen molar-refractivity contribution in [1.29, 1.82) is 0 Å². The molecule has 1 aliphatic rings. The number of nitrogens with zero attached hydrogens (tertiary/aromatic N) is 2. The molecule has 27 heavy (non-hydrogen) atoms. The number of nitrogens with one attached hydrogen (secondary N) is 1. The molecule has 0 radical (unpaired) electrons. The SMILES string of the molecule is O=S(=O)(c1ccc(F)cc1)N1CCN(C(=S)Nc2cc(Cl)ccc2Cl)CC1. The molecule has 144 valence electrons. The Hall–Kier alpha value is -1.45. The lowest BCUT2D eigenvalue weighted by Gasteiger charge is -2.35. The fourth-order valence-corrected chi connectivity index (χ4v) is 4.73. The first-order chi connectivity index (χ1) is 12.8. The number of piperazine rings is 1. The van der Waals surface area contributed by atoms with E-state index in [2.05, 4.69) is 5.32 Å². The predicted octanol–water partition coefficient (Wildman–Crippen LogP) is 3.84. The van der Waals surface area contributed by atoms with Gasteiger partial charge in [-0.25, -0.2) is 12.8 Å². The number of thiocarbonyl (C=S) groups is 1. The van der Waals surface area contributed by atoms with E-state index >= 15 is 0 Å². The minimum atomic E-state index is -3.66. The van der Waals surface area contributed by atoms with E-state index in [1.54, 1.807) is 18.2 Å². The number of benzene rings is 2. The molecule has 2 aromatic rings. The van der Waals surface area contributed by atoms with Gasteiger partial charge in [-0.3, -0.25) is 0 Å². The van der Waals surface area contributed by atoms with Crippen LogP contribution in [0.3, 0.4) is 0 Å². The van der Waals surface area contributed by atoms with Gasteiger partial charge in [-0.1, -0.05) is 23.2 Å². The summed E-state index contributed by atoms with van der Waals surface area (Å²) >= 11 is 17.5. The van der Waals surface area contributed by atoms with Gasteiger partial charge in [-0.15, -0.1) is 0 Å². The number of halogens is 3. The smallest absolute Gasteiger partial charge is 0.243 e. The van der Waals surface area contributed by atoms with Crippen molar-refractivity contribution in [3.63, 3.8) is 0 Å². The zero-order valence-electron chi connectivity index (χ0n) is 14.0. The van der Waals surface area contributed by atoms with Gasteiger partial charge in [-0.05, 0) is 54.7 Å². The van der Waals surface area contributed by atoms with Crippen LogP contribution in [0.25, 0.3) is 0 Å². The highest BCUT2D eigenvalue weighted by atomic mass is 35.5. The predicted molar refractivity (Wildman–Crippen MR) is 109 cm³/mol. The molecule has 0 spiro atoms. The van der Waals surface area contributed by atoms with Crippen LogP contribution in [0.1, 0.15) is 0 Å². The van der Waals surface area contributed by atoms with E-state index in [-0.39, 0.29) is 18.0 Å². The minimum absolute atomic E-state index is 0.0729. The lowest BCUT2D eigenvalue weighted by molar-refractivity contribution is 0.268. The Morgan fingerprint density at radius 1 is 1.04 bits per heavy atom. The van der Waals surface area contributed by atoms with Gasteiger partial charge in [0.1, 0.15) is 5.82 Å². The Labute approximate surface area is 172 Å². The number of sulfonamides is 1. The molecule has 0 bridgehead atoms. The molecule has 10 heteroatoms. The average Bonchev–Trinajstić information content (AvgIpc) is 2.65. The van der Waals surface area contributed by atoms with Crippen molar-refractivity contribution in [1.82, 2.24) is 9.21 Å². The molecular formula is C17H16Cl2FN3O2S2. The molecule has 0 unspecified atom stereocenters. The summed E-state index contributed by atoms with van der Waals surface area (Å²) in [6.07, 6.45) is 0. The Morgan fingerprint density at radius 3 is 2.30 bits per heavy atom. The van der Waals surface area contributed by atoms with Crippen LogP contribution >= 0.6 is 35.4 Å². The lowest BCUT2D eigenvalue weighted by atomic mass is 10.3. The molecule has 1 saturated heterocycles. The molecule has 0 amide bonds. The van der Waals surface area contributed by atoms with Crippen LogP contribution < -0.4 is 5.32 Å². The van der Waals surface area contributed by atoms with Gasteiger partial charge < -0.3 is 10.2 Å². The highest BCUT2D eigenvalue weighted by Crippen LogP contribution is 2.26. The van der Waals surface area contributed by atoms with Crippen LogP contribution in [0.5, 0.6) is 0 Å². The highest BCUT2D eigenvalue weighted by molar-refractivity contribution is 7.89. The van der Waals surface area contributed by atoms with Crippen LogP contribution in [0, 0.1) is 5.82 Å². The van der Waals surface area contributed by atoms with Gasteiger partial charge in [0.05, 0.1) is 15.6 Å². The Balaban J connectivity index is 1.63. The molecule has 1 heterocycles. The monoisotopic (exact) mass is 447 g/mol. The minimum Gasteiger partial charge on any atom is -0.346 e. The molecule has 2 aromatic carbocycles. The van der Waals surface area contributed by atoms with Crippen molar-refractivity contribution in [2.45, 2.75) is 4.90 Å². The van der Waals surface area contributed by atoms with Crippen LogP contribution in [-0.2, 0) is 10.0 Å². The zero-order chi connectivity index (χ0) is 19.6. The summed E-state index contributed by atoms with van der Waals surface area (Å²) in [5, 5.41) is 4.50. The number of rotatable bonds is 3. The molecule has 1 N–H and O–H groups in total. The average molecular weight is 448 g/mol. The molecule has 0 aromatic heterocycles. The first-order valence-corrected chi connectivity index (χ1v) is 10.6. The van der Waals surface area contributed by atoms with E-state index in [0.29, 0.717) is 33.9 Å². The van der Waals surface area contributed by atoms with E-state index in [4.69, 9.17) is 35.4 Å². The van der Waals surface area contributed by atoms with Crippen molar-refractivity contribution >= 4 is 56.2 Å². The first kappa shape index (κ1) is 20.3. The summed E-state index contributed by atoms with van der Waals surface area (Å²) in [5.74, 6) is -0.477. The standard InChI is InChI=1S/C17H16Cl2FN3O2S2/c18-12-1-6-15(19)16(11-12)21-17(26)22-7-9-23(10-8-22)27(24,25)14-4-2-13(20)3-5-14/h1-6,11H,7-10H2,(H,21,26). The fourth-order valence-electron chi connectivity index (χ4n) is 2.67. The van der Waals surface area contributed by atoms with Crippen LogP contribution in [0.15, 0.2) is 47.4 Å². The normalized spacial score (nSPS) is 15.6. The van der Waals surface area contributed by atoms with E-state index in [1.165, 1.54) is 16.4 Å². The molecule has 3 rings (SSSR count). The Bertz CT molecular complexity index is 947. The van der Waals surface area contributed by atoms with Crippen molar-refractivity contribution in [2.24, 2.45) is 0 Å². The maximum atomic E-state index is 13.0. The summed E-state index contributed by atoms with van der Waals surface area (Å²) in [6.45, 7) is 1.38. The van der Waals surface area contributed by atoms with Crippen molar-refractivity contribution < 1.29 is 12.8 Å². The third kappa shape index (κ3) is 4.70. The fraction of sp³-hybridized carbons (Fsp3) is 0.235. The summed E-state index contributed by atoms with van der Waals surface area (Å²) in [4.78, 5) is 1.94. The summed E-state index contributed by atoms with van der Waals surface area (Å²) in [7, 11) is -3.66. The largest absolute Gasteiger partial charge is 0.346 e. The molecule has 0 aliphatic carbocycles. The maximum absolute atomic E-state index is 13.0. The third-order valence-corrected chi connectivity index (χ3v) is 6.99. The van der Waals surface area contributed by atoms with Crippen LogP contribution in [-0.4, -0.2) is 48.9 Å². The third-order valence-electron chi connectivity index (χ3n) is 4.15. The van der Waals surface area contributed by atoms with Crippen LogP contribution in [0.4, 0.5) is 10.1 Å². The van der Waals surface area contributed by atoms with Crippen molar-refractivity contribution in [2.75, 3.05) is 31.5 Å². The quantitative estimate of drug-likeness (QED) is 0.724. The number of hydrogen-bond donors (Lipinski definition) is 1. The maximum Gasteiger partial charge on any atom is 0.243 e. The van der Waals surface area contributed by atoms with E-state index < -0.39 is 15.8 Å². The van der Waals surface area contributed by atoms with Crippen molar-refractivity contribution in [3.05, 3.63) is 58.3 Å². The van der Waals surface area contributed by atoms with E-state index in [9.17, 15) is 12.8 Å². The molecule has 1 fully saturated rings. The van der Waals surface area contributed by atoms with E-state index in [0.717, 1.165) is 12.1 Å². The molecule has 0 atom stereocenters. The van der Waals surface area contributed by atoms with Gasteiger partial charge in [0, 0.05) is 31.2 Å². The van der Waals surface area contributed by atoms with Gasteiger partial charge >= 0.3 is 0 Å². The summed E-state index contributed by atoms with van der Waals surface area (Å²) < 4.78 is 39.7. The highest BCUT2D eigenvalue weighted by Gasteiger charge is 2.29. The molecule has 1 aliphatic heterocycles. The van der Waals surface area contributed by atoms with Crippen molar-refractivity contribution in [3.8, 4) is 0 Å². The van der Waals surface area contributed by atoms with E-state index in [1.807, 2.05) is 4.90 Å². The summed E-state index contributed by atoms with van der Waals surface area (Å²) in [5.41, 5.74) is 0.593. The van der Waals surface area contributed by atoms with Gasteiger partial charge in [0.25, 0.3) is 0 Å². The van der Waals surface area contributed by atoms with Gasteiger partial charge in [0.15, 0.2) is 5.11 Å². The van der Waals surface area contributed by atoms with Gasteiger partial charge in [-0.2, -0.15) is 4.31 Å². The topological polar surface area (TPSA) is 52.7 Å². The second kappa shape index (κ2) is 8.28. The summed E-state index contributed by atoms with van der Waals surface area (Å²) in [6, 6.07) is 9.83. The molecule has 5 nitrogen and oxygen atoms in total. The lowest BCUT2D eigenvalue weighted by Crippen LogP contribution is -2.51. The second-order valence-corrected chi connectivity index (χ2v) is 9.07. The van der Waals surface area contributed by atoms with Crippen LogP contribution in [0.2, 0.25) is 10.0 Å². The number of anilines is 1. The zero-order valence-corrected chi connectivity index (χ0v) is 17.2. The molecule has 0 saturated carbocycles. The number of hydrogen-bond acceptors (Lipinski definition) is 3. The Kier molecular flexibility index (Phi) is 6.22. The molecular weight excluding hydrogens is 432 g/mol. The second-order valence-electron chi connectivity index (χ2n) is 5.90. The van der Waals surface area contributed by atoms with Gasteiger partial charge in [0.2, 0.25) is 10.0 Å². The first-order valence-electron chi connectivity index (χ1n) is 8.04.